The van der Waals surface area contributed by atoms with Crippen LogP contribution < -0.4 is 0 Å². The van der Waals surface area contributed by atoms with E-state index in [9.17, 15) is 0 Å². The molecule has 0 spiro atoms. The van der Waals surface area contributed by atoms with Gasteiger partial charge in [0.2, 0.25) is 0 Å². The highest BCUT2D eigenvalue weighted by molar-refractivity contribution is 5.00. The molecule has 0 fully saturated rings. The lowest BCUT2D eigenvalue weighted by atomic mass is 9.88. The number of hydrogen-bond acceptors (Lipinski definition) is 6. The van der Waals surface area contributed by atoms with Crippen LogP contribution in [0.4, 0.5) is 0 Å². The smallest absolute Gasteiger partial charge is 0.100 e. The Labute approximate surface area is 366 Å². The van der Waals surface area contributed by atoms with Crippen LogP contribution in [0.1, 0.15) is 191 Å². The summed E-state index contributed by atoms with van der Waals surface area (Å²) in [5, 5.41) is 17.5. The molecule has 0 radical (unpaired) electrons. The van der Waals surface area contributed by atoms with Gasteiger partial charge in [-0.15, -0.1) is 0 Å². The zero-order valence-electron chi connectivity index (χ0n) is 43.0. The summed E-state index contributed by atoms with van der Waals surface area (Å²) in [4.78, 5) is 2.08. The maximum Gasteiger partial charge on any atom is 0.100 e. The molecule has 350 valence electrons. The lowest BCUT2D eigenvalue weighted by Gasteiger charge is -2.31. The molecule has 0 bridgehead atoms. The van der Waals surface area contributed by atoms with E-state index in [1.54, 1.807) is 7.11 Å². The Morgan fingerprint density at radius 1 is 0.552 bits per heavy atom. The van der Waals surface area contributed by atoms with Gasteiger partial charge in [-0.2, -0.15) is 0 Å². The molecular weight excluding hydrogens is 719 g/mol. The summed E-state index contributed by atoms with van der Waals surface area (Å²) < 4.78 is 16.3. The average Bonchev–Trinajstić information content (AvgIpc) is 3.12. The molecule has 0 saturated carbocycles. The van der Waals surface area contributed by atoms with Crippen LogP contribution in [0.5, 0.6) is 0 Å². The first-order valence-electron chi connectivity index (χ1n) is 21.5. The predicted octanol–water partition coefficient (Wildman–Crippen LogP) is 17.3. The van der Waals surface area contributed by atoms with Crippen molar-refractivity contribution in [1.82, 2.24) is 4.90 Å². The zero-order chi connectivity index (χ0) is 47.3. The van der Waals surface area contributed by atoms with Gasteiger partial charge >= 0.3 is 0 Å². The van der Waals surface area contributed by atoms with Crippen molar-refractivity contribution < 1.29 is 24.4 Å². The van der Waals surface area contributed by atoms with Gasteiger partial charge in [-0.1, -0.05) is 172 Å². The average molecular weight is 826 g/mol. The molecule has 2 atom stereocenters. The van der Waals surface area contributed by atoms with E-state index in [0.717, 1.165) is 56.0 Å². The van der Waals surface area contributed by atoms with Crippen LogP contribution in [-0.4, -0.2) is 48.5 Å². The lowest BCUT2D eigenvalue weighted by Crippen LogP contribution is -2.25. The Hall–Kier alpha value is -2.76. The SMILES string of the molecule is C.C=C(C(C)CC)N(C)C.C=C(O)C(C)(C)CC.C=C(O)C(C)CC.C=C(OC(C)(C)C)C(C)(C)CC.C=C(OC)C(C)(C)CC.C=C(OCC(C)C)C(C)(C)CC. The van der Waals surface area contributed by atoms with Crippen molar-refractivity contribution in [3.63, 3.8) is 0 Å². The maximum atomic E-state index is 8.89. The number of aliphatic hydroxyl groups excluding tert-OH is 2. The largest absolute Gasteiger partial charge is 0.513 e. The quantitative estimate of drug-likeness (QED) is 0.134. The molecule has 0 aromatic carbocycles. The van der Waals surface area contributed by atoms with Crippen LogP contribution in [0, 0.1) is 39.4 Å². The van der Waals surface area contributed by atoms with Crippen LogP contribution >= 0.6 is 0 Å². The Morgan fingerprint density at radius 2 is 0.879 bits per heavy atom. The Bertz CT molecular complexity index is 1110. The van der Waals surface area contributed by atoms with Crippen LogP contribution in [0.2, 0.25) is 0 Å². The maximum absolute atomic E-state index is 8.89. The summed E-state index contributed by atoms with van der Waals surface area (Å²) in [6, 6.07) is 0. The van der Waals surface area contributed by atoms with Gasteiger partial charge in [0.05, 0.1) is 42.5 Å². The number of nitrogens with zero attached hydrogens (tertiary/aromatic N) is 1. The molecule has 2 N–H and O–H groups in total. The number of allylic oxidation sites excluding steroid dienone is 6. The molecule has 0 aliphatic carbocycles. The molecule has 0 saturated heterocycles. The second kappa shape index (κ2) is 34.0. The molecule has 0 aromatic heterocycles. The summed E-state index contributed by atoms with van der Waals surface area (Å²) in [7, 11) is 5.74. The van der Waals surface area contributed by atoms with Crippen LogP contribution in [0.3, 0.4) is 0 Å². The van der Waals surface area contributed by atoms with Crippen molar-refractivity contribution in [2.75, 3.05) is 27.8 Å². The van der Waals surface area contributed by atoms with Gasteiger partial charge in [0.1, 0.15) is 5.60 Å². The first kappa shape index (κ1) is 69.8. The summed E-state index contributed by atoms with van der Waals surface area (Å²) in [6.07, 6.45) is 6.28. The lowest BCUT2D eigenvalue weighted by molar-refractivity contribution is 0.0180. The molecular formula is C52H107NO5. The summed E-state index contributed by atoms with van der Waals surface area (Å²) in [5.74, 6) is 4.71. The Balaban J connectivity index is -0.000000108. The minimum absolute atomic E-state index is 0. The Kier molecular flexibility index (Phi) is 40.9. The Morgan fingerprint density at radius 3 is 1.03 bits per heavy atom. The van der Waals surface area contributed by atoms with Gasteiger partial charge in [-0.3, -0.25) is 0 Å². The van der Waals surface area contributed by atoms with E-state index >= 15 is 0 Å². The van der Waals surface area contributed by atoms with Crippen molar-refractivity contribution in [1.29, 1.82) is 0 Å². The molecule has 6 heteroatoms. The zero-order valence-corrected chi connectivity index (χ0v) is 43.0. The third-order valence-corrected chi connectivity index (χ3v) is 10.8. The summed E-state index contributed by atoms with van der Waals surface area (Å²) in [6.45, 7) is 67.3. The van der Waals surface area contributed by atoms with Crippen molar-refractivity contribution in [2.45, 2.75) is 197 Å². The number of methoxy groups -OCH3 is 1. The van der Waals surface area contributed by atoms with Crippen LogP contribution in [-0.2, 0) is 14.2 Å². The molecule has 0 heterocycles. The van der Waals surface area contributed by atoms with Crippen molar-refractivity contribution in [2.24, 2.45) is 39.4 Å². The van der Waals surface area contributed by atoms with Gasteiger partial charge in [-0.05, 0) is 71.1 Å². The van der Waals surface area contributed by atoms with Gasteiger partial charge in [0.25, 0.3) is 0 Å². The van der Waals surface area contributed by atoms with Crippen LogP contribution in [0.25, 0.3) is 0 Å². The van der Waals surface area contributed by atoms with Crippen LogP contribution in [0.15, 0.2) is 74.0 Å². The minimum Gasteiger partial charge on any atom is -0.513 e. The number of rotatable bonds is 18. The van der Waals surface area contributed by atoms with E-state index in [0.29, 0.717) is 17.6 Å². The number of aliphatic hydroxyl groups is 2. The fourth-order valence-electron chi connectivity index (χ4n) is 2.95. The van der Waals surface area contributed by atoms with E-state index in [1.807, 2.05) is 69.5 Å². The van der Waals surface area contributed by atoms with Gasteiger partial charge in [0.15, 0.2) is 0 Å². The molecule has 0 amide bonds. The highest BCUT2D eigenvalue weighted by Crippen LogP contribution is 2.32. The molecule has 0 aromatic rings. The minimum atomic E-state index is -0.122. The number of hydrogen-bond donors (Lipinski definition) is 2. The van der Waals surface area contributed by atoms with E-state index in [-0.39, 0.29) is 46.4 Å². The topological polar surface area (TPSA) is 71.4 Å². The fraction of sp³-hybridized carbons (Fsp3) is 0.769. The van der Waals surface area contributed by atoms with E-state index < -0.39 is 0 Å². The van der Waals surface area contributed by atoms with Crippen molar-refractivity contribution in [3.8, 4) is 0 Å². The molecule has 0 rings (SSSR count). The van der Waals surface area contributed by atoms with E-state index in [2.05, 4.69) is 134 Å². The summed E-state index contributed by atoms with van der Waals surface area (Å²) in [5.41, 5.74) is 1.35. The van der Waals surface area contributed by atoms with Crippen molar-refractivity contribution in [3.05, 3.63) is 74.0 Å². The third kappa shape index (κ3) is 38.7. The second-order valence-electron chi connectivity index (χ2n) is 19.3. The van der Waals surface area contributed by atoms with E-state index in [4.69, 9.17) is 24.4 Å². The highest BCUT2D eigenvalue weighted by Gasteiger charge is 2.25. The highest BCUT2D eigenvalue weighted by atomic mass is 16.5. The first-order valence-corrected chi connectivity index (χ1v) is 21.5. The first-order chi connectivity index (χ1) is 25.4. The molecule has 6 nitrogen and oxygen atoms in total. The molecule has 58 heavy (non-hydrogen) atoms. The second-order valence-corrected chi connectivity index (χ2v) is 19.3. The number of ether oxygens (including phenoxy) is 3. The molecule has 0 aliphatic rings. The molecule has 0 aliphatic heterocycles. The summed E-state index contributed by atoms with van der Waals surface area (Å²) >= 11 is 0. The van der Waals surface area contributed by atoms with Gasteiger partial charge in [0, 0.05) is 47.4 Å². The fourth-order valence-corrected chi connectivity index (χ4v) is 2.95. The third-order valence-electron chi connectivity index (χ3n) is 10.8. The predicted molar refractivity (Wildman–Crippen MR) is 264 cm³/mol. The molecule has 2 unspecified atom stereocenters. The van der Waals surface area contributed by atoms with Gasteiger partial charge < -0.3 is 29.3 Å². The van der Waals surface area contributed by atoms with Gasteiger partial charge in [-0.25, -0.2) is 0 Å². The normalized spacial score (nSPS) is 12.0. The van der Waals surface area contributed by atoms with E-state index in [1.165, 1.54) is 12.1 Å². The standard InChI is InChI=1S/2C11H22O.C8H17N.C8H16O.C7H14O.C6H12O.CH4/c1-8-11(6,7)9(2)12-10(3,4)5;1-7-11(5,6)10(4)12-8-9(2)3;1-6-7(2)8(3)9(4)5;1-6-8(3,4)7(2)9-5;1-5-7(3,4)6(2)8;1-4-5(2)6(3)7;/h2,8H2,1,3-7H3;9H,4,7-8H2,1-3,5-6H3;7H,3,6H2,1-2,4-5H3;2,6H2,1,3-5H3;8H,2,5H2,1,3-4H3;5,7H,3-4H2,1-2H3;1H4. The monoisotopic (exact) mass is 826 g/mol. The van der Waals surface area contributed by atoms with Crippen molar-refractivity contribution >= 4 is 0 Å².